The summed E-state index contributed by atoms with van der Waals surface area (Å²) in [7, 11) is 0. The predicted octanol–water partition coefficient (Wildman–Crippen LogP) is 5.96. The third-order valence-corrected chi connectivity index (χ3v) is 5.27. The standard InChI is InChI=1S/C19H18Cl2N2O2S/c1-2-12-5-7-15-17(10-12)26-19(22-15)23-18(24)4-3-9-25-16-8-6-13(20)11-14(16)21/h5-8,10-11H,2-4,9H2,1H3,(H,22,23,24). The molecule has 0 aliphatic carbocycles. The fraction of sp³-hybridized carbons (Fsp3) is 0.263. The van der Waals surface area contributed by atoms with Crippen molar-refractivity contribution in [2.45, 2.75) is 26.2 Å². The van der Waals surface area contributed by atoms with Crippen LogP contribution in [0.2, 0.25) is 10.0 Å². The van der Waals surface area contributed by atoms with Crippen LogP contribution in [0.3, 0.4) is 0 Å². The third kappa shape index (κ3) is 4.87. The monoisotopic (exact) mass is 408 g/mol. The molecule has 26 heavy (non-hydrogen) atoms. The number of carbonyl (C=O) groups is 1. The van der Waals surface area contributed by atoms with Gasteiger partial charge in [0.1, 0.15) is 5.75 Å². The highest BCUT2D eigenvalue weighted by atomic mass is 35.5. The first-order valence-electron chi connectivity index (χ1n) is 8.32. The number of halogens is 2. The summed E-state index contributed by atoms with van der Waals surface area (Å²) in [5.74, 6) is 0.486. The number of hydrogen-bond donors (Lipinski definition) is 1. The molecule has 0 atom stereocenters. The minimum absolute atomic E-state index is 0.0782. The van der Waals surface area contributed by atoms with Crippen molar-refractivity contribution in [3.05, 3.63) is 52.0 Å². The molecule has 136 valence electrons. The summed E-state index contributed by atoms with van der Waals surface area (Å²) in [6, 6.07) is 11.2. The van der Waals surface area contributed by atoms with Crippen LogP contribution in [0.5, 0.6) is 5.75 Å². The van der Waals surface area contributed by atoms with Gasteiger partial charge in [0.15, 0.2) is 5.13 Å². The van der Waals surface area contributed by atoms with Crippen molar-refractivity contribution in [1.82, 2.24) is 4.98 Å². The average molecular weight is 409 g/mol. The van der Waals surface area contributed by atoms with Crippen LogP contribution in [-0.2, 0) is 11.2 Å². The van der Waals surface area contributed by atoms with Gasteiger partial charge < -0.3 is 10.1 Å². The van der Waals surface area contributed by atoms with Gasteiger partial charge in [-0.2, -0.15) is 0 Å². The molecule has 3 rings (SSSR count). The molecule has 0 unspecified atom stereocenters. The maximum atomic E-state index is 12.1. The summed E-state index contributed by atoms with van der Waals surface area (Å²) in [4.78, 5) is 16.5. The predicted molar refractivity (Wildman–Crippen MR) is 109 cm³/mol. The maximum Gasteiger partial charge on any atom is 0.226 e. The first-order valence-corrected chi connectivity index (χ1v) is 9.89. The largest absolute Gasteiger partial charge is 0.492 e. The number of amides is 1. The molecule has 0 fully saturated rings. The van der Waals surface area contributed by atoms with Crippen molar-refractivity contribution in [3.63, 3.8) is 0 Å². The fourth-order valence-corrected chi connectivity index (χ4v) is 3.84. The second kappa shape index (κ2) is 8.71. The summed E-state index contributed by atoms with van der Waals surface area (Å²) < 4.78 is 6.67. The van der Waals surface area contributed by atoms with Gasteiger partial charge in [-0.3, -0.25) is 4.79 Å². The van der Waals surface area contributed by atoms with E-state index < -0.39 is 0 Å². The number of aromatic nitrogens is 1. The van der Waals surface area contributed by atoms with Crippen molar-refractivity contribution < 1.29 is 9.53 Å². The number of hydrogen-bond acceptors (Lipinski definition) is 4. The van der Waals surface area contributed by atoms with Gasteiger partial charge in [-0.05, 0) is 48.7 Å². The molecular formula is C19H18Cl2N2O2S. The Kier molecular flexibility index (Phi) is 6.35. The highest BCUT2D eigenvalue weighted by Crippen LogP contribution is 2.28. The summed E-state index contributed by atoms with van der Waals surface area (Å²) >= 11 is 13.4. The quantitative estimate of drug-likeness (QED) is 0.490. The smallest absolute Gasteiger partial charge is 0.226 e. The number of anilines is 1. The first-order chi connectivity index (χ1) is 12.5. The SMILES string of the molecule is CCc1ccc2nc(NC(=O)CCCOc3ccc(Cl)cc3Cl)sc2c1. The van der Waals surface area contributed by atoms with Crippen LogP contribution < -0.4 is 10.1 Å². The number of nitrogens with zero attached hydrogens (tertiary/aromatic N) is 1. The zero-order valence-corrected chi connectivity index (χ0v) is 16.5. The topological polar surface area (TPSA) is 51.2 Å². The van der Waals surface area contributed by atoms with Crippen LogP contribution in [0.4, 0.5) is 5.13 Å². The molecule has 0 radical (unpaired) electrons. The molecule has 7 heteroatoms. The van der Waals surface area contributed by atoms with E-state index in [2.05, 4.69) is 29.4 Å². The number of rotatable bonds is 7. The Balaban J connectivity index is 1.48. The summed E-state index contributed by atoms with van der Waals surface area (Å²) in [6.45, 7) is 2.51. The van der Waals surface area contributed by atoms with Crippen LogP contribution in [0.15, 0.2) is 36.4 Å². The van der Waals surface area contributed by atoms with E-state index in [-0.39, 0.29) is 5.91 Å². The number of fused-ring (bicyclic) bond motifs is 1. The molecule has 0 saturated carbocycles. The van der Waals surface area contributed by atoms with Gasteiger partial charge in [0, 0.05) is 11.4 Å². The molecule has 1 N–H and O–H groups in total. The van der Waals surface area contributed by atoms with Gasteiger partial charge in [-0.15, -0.1) is 0 Å². The fourth-order valence-electron chi connectivity index (χ4n) is 2.43. The van der Waals surface area contributed by atoms with Crippen molar-refractivity contribution in [2.75, 3.05) is 11.9 Å². The highest BCUT2D eigenvalue weighted by Gasteiger charge is 2.09. The first kappa shape index (κ1) is 19.0. The Bertz CT molecular complexity index is 927. The molecule has 1 heterocycles. The number of thiazole rings is 1. The number of benzene rings is 2. The summed E-state index contributed by atoms with van der Waals surface area (Å²) in [5.41, 5.74) is 2.17. The minimum atomic E-state index is -0.0782. The molecule has 0 saturated heterocycles. The van der Waals surface area contributed by atoms with Gasteiger partial charge in [0.25, 0.3) is 0 Å². The lowest BCUT2D eigenvalue weighted by atomic mass is 10.2. The van der Waals surface area contributed by atoms with Gasteiger partial charge in [-0.1, -0.05) is 47.5 Å². The van der Waals surface area contributed by atoms with Crippen LogP contribution in [0.25, 0.3) is 10.2 Å². The van der Waals surface area contributed by atoms with Crippen molar-refractivity contribution >= 4 is 55.8 Å². The van der Waals surface area contributed by atoms with Crippen molar-refractivity contribution in [1.29, 1.82) is 0 Å². The van der Waals surface area contributed by atoms with E-state index in [0.29, 0.717) is 40.4 Å². The van der Waals surface area contributed by atoms with Gasteiger partial charge in [0.2, 0.25) is 5.91 Å². The normalized spacial score (nSPS) is 10.9. The Labute approximate surface area is 166 Å². The zero-order valence-electron chi connectivity index (χ0n) is 14.2. The van der Waals surface area contributed by atoms with E-state index in [1.54, 1.807) is 18.2 Å². The Morgan fingerprint density at radius 3 is 2.85 bits per heavy atom. The Morgan fingerprint density at radius 2 is 2.08 bits per heavy atom. The van der Waals surface area contributed by atoms with Gasteiger partial charge in [-0.25, -0.2) is 4.98 Å². The molecule has 0 aliphatic rings. The third-order valence-electron chi connectivity index (χ3n) is 3.81. The second-order valence-corrected chi connectivity index (χ2v) is 7.62. The maximum absolute atomic E-state index is 12.1. The van der Waals surface area contributed by atoms with Crippen LogP contribution in [0, 0.1) is 0 Å². The van der Waals surface area contributed by atoms with Gasteiger partial charge in [0.05, 0.1) is 21.8 Å². The molecular weight excluding hydrogens is 391 g/mol. The lowest BCUT2D eigenvalue weighted by Gasteiger charge is -2.08. The average Bonchev–Trinajstić information content (AvgIpc) is 3.01. The van der Waals surface area contributed by atoms with E-state index in [1.807, 2.05) is 6.07 Å². The lowest BCUT2D eigenvalue weighted by Crippen LogP contribution is -2.12. The van der Waals surface area contributed by atoms with E-state index in [0.717, 1.165) is 16.6 Å². The van der Waals surface area contributed by atoms with E-state index in [4.69, 9.17) is 27.9 Å². The van der Waals surface area contributed by atoms with E-state index in [9.17, 15) is 4.79 Å². The molecule has 0 bridgehead atoms. The minimum Gasteiger partial charge on any atom is -0.492 e. The van der Waals surface area contributed by atoms with Crippen LogP contribution >= 0.6 is 34.5 Å². The molecule has 0 spiro atoms. The van der Waals surface area contributed by atoms with Gasteiger partial charge >= 0.3 is 0 Å². The van der Waals surface area contributed by atoms with E-state index in [1.165, 1.54) is 16.9 Å². The highest BCUT2D eigenvalue weighted by molar-refractivity contribution is 7.22. The molecule has 0 aliphatic heterocycles. The molecule has 1 amide bonds. The Hall–Kier alpha value is -1.82. The molecule has 1 aromatic heterocycles. The van der Waals surface area contributed by atoms with E-state index >= 15 is 0 Å². The lowest BCUT2D eigenvalue weighted by molar-refractivity contribution is -0.116. The number of carbonyl (C=O) groups excluding carboxylic acids is 1. The second-order valence-electron chi connectivity index (χ2n) is 5.75. The number of aryl methyl sites for hydroxylation is 1. The summed E-state index contributed by atoms with van der Waals surface area (Å²) in [5, 5.41) is 4.50. The molecule has 2 aromatic carbocycles. The Morgan fingerprint density at radius 1 is 1.23 bits per heavy atom. The van der Waals surface area contributed by atoms with Crippen LogP contribution in [0.1, 0.15) is 25.3 Å². The molecule has 3 aromatic rings. The van der Waals surface area contributed by atoms with Crippen molar-refractivity contribution in [2.24, 2.45) is 0 Å². The van der Waals surface area contributed by atoms with Crippen molar-refractivity contribution in [3.8, 4) is 5.75 Å². The number of ether oxygens (including phenoxy) is 1. The zero-order chi connectivity index (χ0) is 18.5. The van der Waals surface area contributed by atoms with Crippen LogP contribution in [-0.4, -0.2) is 17.5 Å². The summed E-state index contributed by atoms with van der Waals surface area (Å²) in [6.07, 6.45) is 1.91. The number of nitrogens with one attached hydrogen (secondary N) is 1. The molecule has 4 nitrogen and oxygen atoms in total.